The van der Waals surface area contributed by atoms with Crippen molar-refractivity contribution in [1.82, 2.24) is 0 Å². The Balaban J connectivity index is 1.27. The lowest BCUT2D eigenvalue weighted by molar-refractivity contribution is 1.05. The van der Waals surface area contributed by atoms with E-state index in [0.29, 0.717) is 0 Å². The molecule has 0 amide bonds. The quantitative estimate of drug-likeness (QED) is 0.257. The summed E-state index contributed by atoms with van der Waals surface area (Å²) >= 11 is 0. The molecular formula is C36H29N. The second kappa shape index (κ2) is 10.6. The zero-order chi connectivity index (χ0) is 24.9. The Morgan fingerprint density at radius 3 is 1.68 bits per heavy atom. The van der Waals surface area contributed by atoms with Crippen molar-refractivity contribution in [3.63, 3.8) is 0 Å². The molecule has 0 atom stereocenters. The van der Waals surface area contributed by atoms with Crippen molar-refractivity contribution in [2.45, 2.75) is 12.8 Å². The van der Waals surface area contributed by atoms with Crippen molar-refractivity contribution < 1.29 is 0 Å². The molecular weight excluding hydrogens is 446 g/mol. The van der Waals surface area contributed by atoms with Gasteiger partial charge in [0.15, 0.2) is 0 Å². The van der Waals surface area contributed by atoms with Crippen molar-refractivity contribution in [1.29, 1.82) is 0 Å². The van der Waals surface area contributed by atoms with E-state index in [4.69, 9.17) is 0 Å². The summed E-state index contributed by atoms with van der Waals surface area (Å²) in [5.74, 6) is 0. The first kappa shape index (κ1) is 22.8. The maximum absolute atomic E-state index is 3.45. The topological polar surface area (TPSA) is 12.0 Å². The number of anilines is 2. The molecule has 0 heterocycles. The second-order valence-corrected chi connectivity index (χ2v) is 9.43. The van der Waals surface area contributed by atoms with Crippen LogP contribution in [-0.4, -0.2) is 0 Å². The van der Waals surface area contributed by atoms with Crippen LogP contribution in [0.4, 0.5) is 11.4 Å². The van der Waals surface area contributed by atoms with E-state index >= 15 is 0 Å². The van der Waals surface area contributed by atoms with Crippen LogP contribution in [0.3, 0.4) is 0 Å². The molecule has 0 saturated heterocycles. The molecule has 0 radical (unpaired) electrons. The highest BCUT2D eigenvalue weighted by Gasteiger charge is 2.12. The minimum Gasteiger partial charge on any atom is -0.356 e. The summed E-state index contributed by atoms with van der Waals surface area (Å²) in [6, 6.07) is 45.5. The van der Waals surface area contributed by atoms with E-state index in [1.807, 2.05) is 18.2 Å². The van der Waals surface area contributed by atoms with Gasteiger partial charge in [-0.1, -0.05) is 115 Å². The third-order valence-corrected chi connectivity index (χ3v) is 6.96. The van der Waals surface area contributed by atoms with Crippen LogP contribution in [0, 0.1) is 0 Å². The molecule has 178 valence electrons. The van der Waals surface area contributed by atoms with Crippen LogP contribution in [0.1, 0.15) is 18.4 Å². The second-order valence-electron chi connectivity index (χ2n) is 9.43. The molecule has 5 aromatic carbocycles. The first-order chi connectivity index (χ1) is 18.3. The van der Waals surface area contributed by atoms with E-state index in [2.05, 4.69) is 133 Å². The Kier molecular flexibility index (Phi) is 6.51. The predicted molar refractivity (Wildman–Crippen MR) is 159 cm³/mol. The fourth-order valence-electron chi connectivity index (χ4n) is 4.98. The van der Waals surface area contributed by atoms with Crippen LogP contribution in [0.2, 0.25) is 0 Å². The van der Waals surface area contributed by atoms with Crippen LogP contribution in [0.15, 0.2) is 146 Å². The molecule has 0 aromatic heterocycles. The van der Waals surface area contributed by atoms with E-state index < -0.39 is 0 Å². The Bertz CT molecular complexity index is 1540. The molecule has 0 fully saturated rings. The van der Waals surface area contributed by atoms with Crippen molar-refractivity contribution in [3.05, 3.63) is 151 Å². The van der Waals surface area contributed by atoms with Gasteiger partial charge in [0.2, 0.25) is 0 Å². The highest BCUT2D eigenvalue weighted by Crippen LogP contribution is 2.36. The van der Waals surface area contributed by atoms with E-state index in [1.54, 1.807) is 0 Å². The van der Waals surface area contributed by atoms with Gasteiger partial charge in [-0.05, 0) is 87.7 Å². The zero-order valence-corrected chi connectivity index (χ0v) is 20.8. The third-order valence-electron chi connectivity index (χ3n) is 6.96. The Morgan fingerprint density at radius 2 is 1.03 bits per heavy atom. The maximum atomic E-state index is 3.45. The number of benzene rings is 5. The van der Waals surface area contributed by atoms with Gasteiger partial charge in [-0.15, -0.1) is 0 Å². The largest absolute Gasteiger partial charge is 0.356 e. The van der Waals surface area contributed by atoms with Crippen molar-refractivity contribution in [2.24, 2.45) is 0 Å². The summed E-state index contributed by atoms with van der Waals surface area (Å²) in [5.41, 5.74) is 12.4. The van der Waals surface area contributed by atoms with Crippen LogP contribution in [0.5, 0.6) is 0 Å². The zero-order valence-electron chi connectivity index (χ0n) is 20.8. The molecule has 5 aromatic rings. The average Bonchev–Trinajstić information content (AvgIpc) is 2.99. The monoisotopic (exact) mass is 475 g/mol. The maximum Gasteiger partial charge on any atom is 0.0384 e. The van der Waals surface area contributed by atoms with E-state index in [-0.39, 0.29) is 0 Å². The molecule has 0 bridgehead atoms. The smallest absolute Gasteiger partial charge is 0.0384 e. The number of rotatable bonds is 6. The molecule has 0 saturated carbocycles. The van der Waals surface area contributed by atoms with Gasteiger partial charge in [-0.3, -0.25) is 0 Å². The summed E-state index contributed by atoms with van der Waals surface area (Å²) in [6.45, 7) is 0. The Labute approximate surface area is 219 Å². The number of hydrogen-bond donors (Lipinski definition) is 1. The standard InChI is InChI=1S/C36H29N/c1-4-10-30(11-5-1)35-25-22-32(26-36(35)31-12-6-2-7-13-31)29-18-16-27(17-19-29)28-20-23-34(24-21-28)37-33-14-8-3-9-15-33/h1-4,6-10,12-26,37H,5,11H2. The Hall–Kier alpha value is -4.62. The molecule has 37 heavy (non-hydrogen) atoms. The van der Waals surface area contributed by atoms with Gasteiger partial charge in [0.05, 0.1) is 0 Å². The van der Waals surface area contributed by atoms with E-state index in [1.165, 1.54) is 44.5 Å². The fourth-order valence-corrected chi connectivity index (χ4v) is 4.98. The minimum atomic E-state index is 1.09. The van der Waals surface area contributed by atoms with Gasteiger partial charge in [-0.2, -0.15) is 0 Å². The number of para-hydroxylation sites is 1. The van der Waals surface area contributed by atoms with Gasteiger partial charge in [0.1, 0.15) is 0 Å². The first-order valence-electron chi connectivity index (χ1n) is 12.9. The molecule has 1 nitrogen and oxygen atoms in total. The van der Waals surface area contributed by atoms with Crippen LogP contribution in [-0.2, 0) is 0 Å². The van der Waals surface area contributed by atoms with E-state index in [0.717, 1.165) is 24.2 Å². The summed E-state index contributed by atoms with van der Waals surface area (Å²) < 4.78 is 0. The number of allylic oxidation sites excluding steroid dienone is 4. The average molecular weight is 476 g/mol. The fraction of sp³-hybridized carbons (Fsp3) is 0.0556. The predicted octanol–water partition coefficient (Wildman–Crippen LogP) is 10.2. The van der Waals surface area contributed by atoms with E-state index in [9.17, 15) is 0 Å². The highest BCUT2D eigenvalue weighted by molar-refractivity contribution is 5.86. The van der Waals surface area contributed by atoms with Gasteiger partial charge in [0.25, 0.3) is 0 Å². The first-order valence-corrected chi connectivity index (χ1v) is 12.9. The van der Waals surface area contributed by atoms with Crippen molar-refractivity contribution >= 4 is 16.9 Å². The Morgan fingerprint density at radius 1 is 0.459 bits per heavy atom. The molecule has 0 spiro atoms. The third kappa shape index (κ3) is 5.17. The molecule has 1 N–H and O–H groups in total. The summed E-state index contributed by atoms with van der Waals surface area (Å²) in [4.78, 5) is 0. The summed E-state index contributed by atoms with van der Waals surface area (Å²) in [6.07, 6.45) is 8.89. The molecule has 6 rings (SSSR count). The molecule has 1 aliphatic rings. The van der Waals surface area contributed by atoms with Gasteiger partial charge < -0.3 is 5.32 Å². The highest BCUT2D eigenvalue weighted by atomic mass is 14.9. The molecule has 1 aliphatic carbocycles. The normalized spacial score (nSPS) is 12.7. The number of nitrogens with one attached hydrogen (secondary N) is 1. The SMILES string of the molecule is C1=CCCC(c2ccc(-c3ccc(-c4ccc(Nc5ccccc5)cc4)cc3)cc2-c2ccccc2)=C1. The van der Waals surface area contributed by atoms with Crippen molar-refractivity contribution in [2.75, 3.05) is 5.32 Å². The lowest BCUT2D eigenvalue weighted by atomic mass is 9.88. The lowest BCUT2D eigenvalue weighted by Crippen LogP contribution is -1.93. The summed E-state index contributed by atoms with van der Waals surface area (Å²) in [5, 5.41) is 3.45. The van der Waals surface area contributed by atoms with Crippen LogP contribution < -0.4 is 5.32 Å². The van der Waals surface area contributed by atoms with Crippen molar-refractivity contribution in [3.8, 4) is 33.4 Å². The van der Waals surface area contributed by atoms with Crippen LogP contribution >= 0.6 is 0 Å². The lowest BCUT2D eigenvalue weighted by Gasteiger charge is -2.17. The molecule has 0 unspecified atom stereocenters. The minimum absolute atomic E-state index is 1.09. The van der Waals surface area contributed by atoms with Gasteiger partial charge >= 0.3 is 0 Å². The van der Waals surface area contributed by atoms with Gasteiger partial charge in [0, 0.05) is 11.4 Å². The molecule has 0 aliphatic heterocycles. The van der Waals surface area contributed by atoms with Gasteiger partial charge in [-0.25, -0.2) is 0 Å². The molecule has 1 heteroatoms. The summed E-state index contributed by atoms with van der Waals surface area (Å²) in [7, 11) is 0. The van der Waals surface area contributed by atoms with Crippen LogP contribution in [0.25, 0.3) is 39.0 Å². The number of hydrogen-bond acceptors (Lipinski definition) is 1.